The minimum atomic E-state index is -1.30. The molecule has 0 spiro atoms. The first kappa shape index (κ1) is 11.9. The summed E-state index contributed by atoms with van der Waals surface area (Å²) < 4.78 is 12.9. The SMILES string of the molecule is O=C(O)[C@@]1(CC(O)CBr)C[C@@H](F)CN1. The van der Waals surface area contributed by atoms with Gasteiger partial charge in [-0.15, -0.1) is 0 Å². The van der Waals surface area contributed by atoms with Crippen molar-refractivity contribution in [1.29, 1.82) is 0 Å². The Morgan fingerprint density at radius 1 is 1.79 bits per heavy atom. The molecule has 0 aromatic carbocycles. The Morgan fingerprint density at radius 3 is 2.79 bits per heavy atom. The highest BCUT2D eigenvalue weighted by Crippen LogP contribution is 2.27. The van der Waals surface area contributed by atoms with Crippen LogP contribution in [0.4, 0.5) is 4.39 Å². The second-order valence-electron chi connectivity index (χ2n) is 3.58. The van der Waals surface area contributed by atoms with Crippen molar-refractivity contribution in [3.63, 3.8) is 0 Å². The molecule has 1 saturated heterocycles. The fraction of sp³-hybridized carbons (Fsp3) is 0.875. The standard InChI is InChI=1S/C8H13BrFNO3/c9-3-6(12)2-8(7(13)14)1-5(10)4-11-8/h5-6,11-12H,1-4H2,(H,13,14)/t5-,6?,8+/m1/s1. The summed E-state index contributed by atoms with van der Waals surface area (Å²) in [4.78, 5) is 11.0. The minimum absolute atomic E-state index is 0.0218. The highest BCUT2D eigenvalue weighted by atomic mass is 79.9. The number of hydrogen-bond donors (Lipinski definition) is 3. The number of carboxylic acids is 1. The third kappa shape index (κ3) is 2.43. The topological polar surface area (TPSA) is 69.6 Å². The molecule has 1 aliphatic heterocycles. The summed E-state index contributed by atoms with van der Waals surface area (Å²) in [5.74, 6) is -1.10. The van der Waals surface area contributed by atoms with Crippen LogP contribution in [-0.2, 0) is 4.79 Å². The molecule has 14 heavy (non-hydrogen) atoms. The molecule has 0 aromatic rings. The number of alkyl halides is 2. The zero-order valence-electron chi connectivity index (χ0n) is 7.54. The van der Waals surface area contributed by atoms with Crippen molar-refractivity contribution >= 4 is 21.9 Å². The number of hydrogen-bond acceptors (Lipinski definition) is 3. The number of aliphatic carboxylic acids is 1. The fourth-order valence-electron chi connectivity index (χ4n) is 1.69. The van der Waals surface area contributed by atoms with Crippen LogP contribution in [0.5, 0.6) is 0 Å². The Morgan fingerprint density at radius 2 is 2.43 bits per heavy atom. The second-order valence-corrected chi connectivity index (χ2v) is 4.23. The van der Waals surface area contributed by atoms with E-state index in [-0.39, 0.29) is 19.4 Å². The van der Waals surface area contributed by atoms with Gasteiger partial charge in [-0.3, -0.25) is 10.1 Å². The van der Waals surface area contributed by atoms with E-state index in [1.165, 1.54) is 0 Å². The number of carboxylic acid groups (broad SMARTS) is 1. The summed E-state index contributed by atoms with van der Waals surface area (Å²) in [5.41, 5.74) is -1.30. The van der Waals surface area contributed by atoms with E-state index in [0.29, 0.717) is 5.33 Å². The molecule has 1 heterocycles. The van der Waals surface area contributed by atoms with E-state index in [0.717, 1.165) is 0 Å². The van der Waals surface area contributed by atoms with Crippen molar-refractivity contribution in [2.45, 2.75) is 30.7 Å². The summed E-state index contributed by atoms with van der Waals surface area (Å²) in [5, 5.41) is 21.2. The van der Waals surface area contributed by atoms with Crippen LogP contribution in [0.2, 0.25) is 0 Å². The molecular formula is C8H13BrFNO3. The molecule has 0 bridgehead atoms. The second kappa shape index (κ2) is 4.55. The molecule has 3 atom stereocenters. The zero-order chi connectivity index (χ0) is 10.8. The predicted molar refractivity (Wildman–Crippen MR) is 52.3 cm³/mol. The van der Waals surface area contributed by atoms with Gasteiger partial charge in [-0.1, -0.05) is 15.9 Å². The Labute approximate surface area is 89.6 Å². The fourth-order valence-corrected chi connectivity index (χ4v) is 1.92. The Balaban J connectivity index is 2.68. The van der Waals surface area contributed by atoms with Crippen molar-refractivity contribution < 1.29 is 19.4 Å². The number of rotatable bonds is 4. The normalized spacial score (nSPS) is 34.4. The van der Waals surface area contributed by atoms with Crippen LogP contribution in [0.25, 0.3) is 0 Å². The number of aliphatic hydroxyl groups is 1. The van der Waals surface area contributed by atoms with Gasteiger partial charge in [0.1, 0.15) is 11.7 Å². The first-order valence-electron chi connectivity index (χ1n) is 4.37. The molecule has 0 aliphatic carbocycles. The van der Waals surface area contributed by atoms with Crippen molar-refractivity contribution in [2.24, 2.45) is 0 Å². The summed E-state index contributed by atoms with van der Waals surface area (Å²) in [7, 11) is 0. The zero-order valence-corrected chi connectivity index (χ0v) is 9.13. The van der Waals surface area contributed by atoms with Gasteiger partial charge in [0.25, 0.3) is 0 Å². The van der Waals surface area contributed by atoms with E-state index in [1.54, 1.807) is 0 Å². The van der Waals surface area contributed by atoms with Crippen LogP contribution in [0.15, 0.2) is 0 Å². The van der Waals surface area contributed by atoms with Crippen LogP contribution in [0.1, 0.15) is 12.8 Å². The van der Waals surface area contributed by atoms with Crippen LogP contribution in [-0.4, -0.2) is 45.9 Å². The smallest absolute Gasteiger partial charge is 0.324 e. The Kier molecular flexibility index (Phi) is 3.86. The quantitative estimate of drug-likeness (QED) is 0.642. The monoisotopic (exact) mass is 269 g/mol. The summed E-state index contributed by atoms with van der Waals surface area (Å²) in [6.45, 7) is 0.0430. The van der Waals surface area contributed by atoms with Gasteiger partial charge in [-0.25, -0.2) is 4.39 Å². The van der Waals surface area contributed by atoms with E-state index in [9.17, 15) is 14.3 Å². The highest BCUT2D eigenvalue weighted by molar-refractivity contribution is 9.09. The number of nitrogens with one attached hydrogen (secondary N) is 1. The molecular weight excluding hydrogens is 257 g/mol. The van der Waals surface area contributed by atoms with Crippen LogP contribution in [0.3, 0.4) is 0 Å². The maximum Gasteiger partial charge on any atom is 0.324 e. The molecule has 6 heteroatoms. The molecule has 0 amide bonds. The number of aliphatic hydroxyl groups excluding tert-OH is 1. The van der Waals surface area contributed by atoms with E-state index in [1.807, 2.05) is 0 Å². The van der Waals surface area contributed by atoms with Gasteiger partial charge in [0.2, 0.25) is 0 Å². The first-order valence-corrected chi connectivity index (χ1v) is 5.49. The summed E-state index contributed by atoms with van der Waals surface area (Å²) in [6, 6.07) is 0. The van der Waals surface area contributed by atoms with Gasteiger partial charge in [0.15, 0.2) is 0 Å². The van der Waals surface area contributed by atoms with Gasteiger partial charge in [-0.05, 0) is 0 Å². The Hall–Kier alpha value is -0.200. The average molecular weight is 270 g/mol. The summed E-state index contributed by atoms with van der Waals surface area (Å²) >= 11 is 3.05. The van der Waals surface area contributed by atoms with Gasteiger partial charge < -0.3 is 10.2 Å². The van der Waals surface area contributed by atoms with E-state index < -0.39 is 23.8 Å². The Bertz CT molecular complexity index is 229. The maximum atomic E-state index is 12.9. The molecule has 3 N–H and O–H groups in total. The largest absolute Gasteiger partial charge is 0.480 e. The lowest BCUT2D eigenvalue weighted by Crippen LogP contribution is -2.50. The predicted octanol–water partition coefficient (Wildman–Crippen LogP) is 0.287. The van der Waals surface area contributed by atoms with E-state index in [4.69, 9.17) is 5.11 Å². The molecule has 4 nitrogen and oxygen atoms in total. The number of carbonyl (C=O) groups is 1. The van der Waals surface area contributed by atoms with Gasteiger partial charge >= 0.3 is 5.97 Å². The third-order valence-electron chi connectivity index (χ3n) is 2.40. The lowest BCUT2D eigenvalue weighted by Gasteiger charge is -2.26. The molecule has 82 valence electrons. The van der Waals surface area contributed by atoms with Crippen molar-refractivity contribution in [1.82, 2.24) is 5.32 Å². The van der Waals surface area contributed by atoms with Crippen molar-refractivity contribution in [3.8, 4) is 0 Å². The molecule has 1 rings (SSSR count). The third-order valence-corrected chi connectivity index (χ3v) is 3.15. The molecule has 1 unspecified atom stereocenters. The lowest BCUT2D eigenvalue weighted by atomic mass is 9.90. The van der Waals surface area contributed by atoms with Crippen LogP contribution in [0, 0.1) is 0 Å². The molecule has 0 saturated carbocycles. The van der Waals surface area contributed by atoms with Gasteiger partial charge in [-0.2, -0.15) is 0 Å². The van der Waals surface area contributed by atoms with Crippen molar-refractivity contribution in [3.05, 3.63) is 0 Å². The minimum Gasteiger partial charge on any atom is -0.480 e. The van der Waals surface area contributed by atoms with Gasteiger partial charge in [0, 0.05) is 24.7 Å². The molecule has 1 fully saturated rings. The van der Waals surface area contributed by atoms with Crippen LogP contribution < -0.4 is 5.32 Å². The molecule has 0 radical (unpaired) electrons. The van der Waals surface area contributed by atoms with E-state index >= 15 is 0 Å². The van der Waals surface area contributed by atoms with Gasteiger partial charge in [0.05, 0.1) is 6.10 Å². The maximum absolute atomic E-state index is 12.9. The number of halogens is 2. The van der Waals surface area contributed by atoms with Crippen LogP contribution >= 0.6 is 15.9 Å². The van der Waals surface area contributed by atoms with E-state index in [2.05, 4.69) is 21.2 Å². The summed E-state index contributed by atoms with van der Waals surface area (Å²) in [6.07, 6.45) is -1.97. The molecule has 1 aliphatic rings. The van der Waals surface area contributed by atoms with Crippen molar-refractivity contribution in [2.75, 3.05) is 11.9 Å². The highest BCUT2D eigenvalue weighted by Gasteiger charge is 2.46. The average Bonchev–Trinajstić information content (AvgIpc) is 2.48. The lowest BCUT2D eigenvalue weighted by molar-refractivity contribution is -0.145. The first-order chi connectivity index (χ1) is 6.50. The molecule has 0 aromatic heterocycles.